The van der Waals surface area contributed by atoms with Crippen LogP contribution in [0.25, 0.3) is 0 Å². The van der Waals surface area contributed by atoms with Gasteiger partial charge in [-0.1, -0.05) is 58.3 Å². The summed E-state index contributed by atoms with van der Waals surface area (Å²) in [7, 11) is -3.44. The maximum atomic E-state index is 12.9. The Morgan fingerprint density at radius 2 is 1.16 bits per heavy atom. The Hall–Kier alpha value is -1.55. The molecule has 10 nitrogen and oxygen atoms in total. The number of benzene rings is 1. The summed E-state index contributed by atoms with van der Waals surface area (Å²) in [4.78, 5) is 10.2. The molecule has 1 aromatic rings. The Kier molecular flexibility index (Phi) is 21.2. The molecule has 0 aromatic heterocycles. The summed E-state index contributed by atoms with van der Waals surface area (Å²) in [6, 6.07) is 5.36. The van der Waals surface area contributed by atoms with E-state index in [1.165, 1.54) is 75.6 Å². The second kappa shape index (κ2) is 23.3. The molecule has 1 aromatic carbocycles. The molecular formula is C27H48NO9P. The first-order chi connectivity index (χ1) is 18.5. The summed E-state index contributed by atoms with van der Waals surface area (Å²) < 4.78 is 45.8. The Bertz CT molecular complexity index is 749. The second-order valence-electron chi connectivity index (χ2n) is 8.87. The maximum absolute atomic E-state index is 12.9. The molecule has 1 unspecified atom stereocenters. The van der Waals surface area contributed by atoms with Crippen molar-refractivity contribution in [2.75, 3.05) is 65.6 Å². The van der Waals surface area contributed by atoms with Crippen LogP contribution in [0.5, 0.6) is 5.75 Å². The average molecular weight is 562 g/mol. The van der Waals surface area contributed by atoms with Crippen molar-refractivity contribution in [3.8, 4) is 5.75 Å². The van der Waals surface area contributed by atoms with E-state index in [0.717, 1.165) is 13.0 Å². The minimum Gasteiger partial charge on any atom is -0.424 e. The van der Waals surface area contributed by atoms with Crippen LogP contribution in [0.15, 0.2) is 24.3 Å². The highest BCUT2D eigenvalue weighted by molar-refractivity contribution is 7.54. The van der Waals surface area contributed by atoms with E-state index in [-0.39, 0.29) is 30.8 Å². The smallest absolute Gasteiger partial charge is 0.381 e. The Morgan fingerprint density at radius 1 is 0.684 bits per heavy atom. The van der Waals surface area contributed by atoms with Crippen molar-refractivity contribution < 1.29 is 37.5 Å². The molecule has 0 saturated heterocycles. The first kappa shape index (κ1) is 34.5. The lowest BCUT2D eigenvalue weighted by Crippen LogP contribution is -2.13. The molecule has 0 bridgehead atoms. The second-order valence-corrected chi connectivity index (χ2v) is 11.0. The fourth-order valence-electron chi connectivity index (χ4n) is 3.58. The molecule has 11 heteroatoms. The molecular weight excluding hydrogens is 513 g/mol. The fourth-order valence-corrected chi connectivity index (χ4v) is 5.04. The van der Waals surface area contributed by atoms with Gasteiger partial charge in [-0.25, -0.2) is 4.57 Å². The minimum absolute atomic E-state index is 0.0555. The number of hydrogen-bond acceptors (Lipinski definition) is 9. The van der Waals surface area contributed by atoms with Crippen molar-refractivity contribution in [3.63, 3.8) is 0 Å². The van der Waals surface area contributed by atoms with Gasteiger partial charge in [0.2, 0.25) is 0 Å². The first-order valence-corrected chi connectivity index (χ1v) is 15.7. The van der Waals surface area contributed by atoms with Gasteiger partial charge in [-0.05, 0) is 25.5 Å². The lowest BCUT2D eigenvalue weighted by atomic mass is 10.1. The molecule has 220 valence electrons. The van der Waals surface area contributed by atoms with Crippen LogP contribution in [0.4, 0.5) is 5.69 Å². The minimum atomic E-state index is -3.44. The highest BCUT2D eigenvalue weighted by Crippen LogP contribution is 2.48. The van der Waals surface area contributed by atoms with Crippen LogP contribution < -0.4 is 4.52 Å². The van der Waals surface area contributed by atoms with Gasteiger partial charge in [0.1, 0.15) is 5.75 Å². The van der Waals surface area contributed by atoms with Gasteiger partial charge in [-0.15, -0.1) is 0 Å². The van der Waals surface area contributed by atoms with Crippen LogP contribution in [0, 0.1) is 10.1 Å². The summed E-state index contributed by atoms with van der Waals surface area (Å²) in [6.07, 6.45) is 11.8. The number of hydrogen-bond donors (Lipinski definition) is 0. The molecule has 0 fully saturated rings. The number of rotatable bonds is 27. The molecule has 0 aliphatic heterocycles. The third-order valence-electron chi connectivity index (χ3n) is 5.64. The van der Waals surface area contributed by atoms with Crippen LogP contribution in [0.2, 0.25) is 0 Å². The van der Waals surface area contributed by atoms with E-state index < -0.39 is 12.5 Å². The molecule has 0 radical (unpaired) electrons. The molecule has 0 saturated carbocycles. The standard InChI is InChI=1S/C27H48NO9P/c1-3-5-6-7-8-9-10-11-12-17-32-18-19-33-20-21-34-22-23-35-24-25-38(31,36-4-2)37-27-15-13-26(14-16-27)28(29)30/h13-16H,3-12,17-25H2,1-2H3. The summed E-state index contributed by atoms with van der Waals surface area (Å²) in [5.41, 5.74) is -0.0741. The van der Waals surface area contributed by atoms with Crippen LogP contribution in [0.3, 0.4) is 0 Å². The van der Waals surface area contributed by atoms with Gasteiger partial charge in [-0.2, -0.15) is 0 Å². The highest BCUT2D eigenvalue weighted by Gasteiger charge is 2.26. The van der Waals surface area contributed by atoms with Crippen LogP contribution in [0.1, 0.15) is 71.6 Å². The van der Waals surface area contributed by atoms with E-state index in [0.29, 0.717) is 39.6 Å². The summed E-state index contributed by atoms with van der Waals surface area (Å²) in [5, 5.41) is 10.8. The number of nitrogens with zero attached hydrogens (tertiary/aromatic N) is 1. The van der Waals surface area contributed by atoms with E-state index in [9.17, 15) is 14.7 Å². The summed E-state index contributed by atoms with van der Waals surface area (Å²) in [5.74, 6) is 0.240. The quantitative estimate of drug-likeness (QED) is 0.0495. The largest absolute Gasteiger partial charge is 0.424 e. The number of nitro groups is 1. The molecule has 0 N–H and O–H groups in total. The third kappa shape index (κ3) is 18.7. The van der Waals surface area contributed by atoms with E-state index in [1.54, 1.807) is 6.92 Å². The number of nitro benzene ring substituents is 1. The summed E-state index contributed by atoms with van der Waals surface area (Å²) >= 11 is 0. The Labute approximate surface area is 228 Å². The van der Waals surface area contributed by atoms with Gasteiger partial charge in [0.25, 0.3) is 5.69 Å². The topological polar surface area (TPSA) is 116 Å². The first-order valence-electron chi connectivity index (χ1n) is 14.0. The molecule has 0 aliphatic carbocycles. The molecule has 0 amide bonds. The predicted molar refractivity (Wildman–Crippen MR) is 148 cm³/mol. The van der Waals surface area contributed by atoms with E-state index in [2.05, 4.69) is 6.92 Å². The molecule has 0 spiro atoms. The molecule has 1 atom stereocenters. The lowest BCUT2D eigenvalue weighted by Gasteiger charge is -2.18. The highest BCUT2D eigenvalue weighted by atomic mass is 31.2. The van der Waals surface area contributed by atoms with Crippen molar-refractivity contribution in [2.45, 2.75) is 71.6 Å². The normalized spacial score (nSPS) is 12.9. The van der Waals surface area contributed by atoms with Crippen molar-refractivity contribution in [3.05, 3.63) is 34.4 Å². The van der Waals surface area contributed by atoms with Gasteiger partial charge < -0.3 is 28.0 Å². The number of ether oxygens (including phenoxy) is 4. The number of non-ortho nitro benzene ring substituents is 1. The van der Waals surface area contributed by atoms with E-state index in [1.807, 2.05) is 0 Å². The third-order valence-corrected chi connectivity index (χ3v) is 7.51. The average Bonchev–Trinajstić information content (AvgIpc) is 2.90. The monoisotopic (exact) mass is 561 g/mol. The Morgan fingerprint density at radius 3 is 1.66 bits per heavy atom. The Balaban J connectivity index is 1.94. The van der Waals surface area contributed by atoms with E-state index in [4.69, 9.17) is 28.0 Å². The van der Waals surface area contributed by atoms with E-state index >= 15 is 0 Å². The van der Waals surface area contributed by atoms with Crippen molar-refractivity contribution >= 4 is 13.3 Å². The van der Waals surface area contributed by atoms with Gasteiger partial charge >= 0.3 is 7.60 Å². The predicted octanol–water partition coefficient (Wildman–Crippen LogP) is 6.80. The van der Waals surface area contributed by atoms with Crippen LogP contribution in [-0.4, -0.2) is 70.5 Å². The summed E-state index contributed by atoms with van der Waals surface area (Å²) in [6.45, 7) is 7.96. The molecule has 0 aliphatic rings. The van der Waals surface area contributed by atoms with Crippen LogP contribution >= 0.6 is 7.60 Å². The van der Waals surface area contributed by atoms with Gasteiger partial charge in [0.15, 0.2) is 0 Å². The zero-order valence-electron chi connectivity index (χ0n) is 23.3. The van der Waals surface area contributed by atoms with Crippen molar-refractivity contribution in [2.24, 2.45) is 0 Å². The van der Waals surface area contributed by atoms with Gasteiger partial charge in [0.05, 0.1) is 63.9 Å². The van der Waals surface area contributed by atoms with Crippen molar-refractivity contribution in [1.29, 1.82) is 0 Å². The lowest BCUT2D eigenvalue weighted by molar-refractivity contribution is -0.384. The van der Waals surface area contributed by atoms with Crippen LogP contribution in [-0.2, 0) is 28.0 Å². The SMILES string of the molecule is CCCCCCCCCCCOCCOCCOCCOCCP(=O)(OCC)Oc1ccc([N+](=O)[O-])cc1. The molecule has 1 rings (SSSR count). The number of unbranched alkanes of at least 4 members (excludes halogenated alkanes) is 8. The van der Waals surface area contributed by atoms with Gasteiger partial charge in [-0.3, -0.25) is 10.1 Å². The molecule has 38 heavy (non-hydrogen) atoms. The fraction of sp³-hybridized carbons (Fsp3) is 0.778. The van der Waals surface area contributed by atoms with Crippen molar-refractivity contribution in [1.82, 2.24) is 0 Å². The maximum Gasteiger partial charge on any atom is 0.381 e. The molecule has 0 heterocycles. The zero-order chi connectivity index (χ0) is 27.7. The van der Waals surface area contributed by atoms with Gasteiger partial charge in [0, 0.05) is 18.7 Å². The zero-order valence-corrected chi connectivity index (χ0v) is 24.2.